The molecule has 1 aliphatic carbocycles. The van der Waals surface area contributed by atoms with Crippen molar-refractivity contribution in [1.29, 1.82) is 0 Å². The summed E-state index contributed by atoms with van der Waals surface area (Å²) in [4.78, 5) is 0. The molecule has 0 aliphatic heterocycles. The summed E-state index contributed by atoms with van der Waals surface area (Å²) >= 11 is 6.30. The third-order valence-corrected chi connectivity index (χ3v) is 3.64. The van der Waals surface area contributed by atoms with E-state index in [0.29, 0.717) is 0 Å². The fourth-order valence-corrected chi connectivity index (χ4v) is 2.22. The Bertz CT molecular complexity index is 206. The molecular weight excluding hydrogens is 186 g/mol. The van der Waals surface area contributed by atoms with Gasteiger partial charge in [-0.1, -0.05) is 13.8 Å². The van der Waals surface area contributed by atoms with E-state index >= 15 is 0 Å². The fourth-order valence-electron chi connectivity index (χ4n) is 1.86. The minimum absolute atomic E-state index is 0.0642. The maximum atomic E-state index is 6.30. The van der Waals surface area contributed by atoms with Gasteiger partial charge in [0, 0.05) is 24.5 Å². The summed E-state index contributed by atoms with van der Waals surface area (Å²) in [5, 5.41) is 0. The van der Waals surface area contributed by atoms with Crippen molar-refractivity contribution in [1.82, 2.24) is 4.42 Å². The smallest absolute Gasteiger partial charge is 0.140 e. The Hall–Kier alpha value is 0.210. The third kappa shape index (κ3) is 1.60. The maximum absolute atomic E-state index is 6.30. The van der Waals surface area contributed by atoms with Crippen molar-refractivity contribution in [2.75, 3.05) is 7.11 Å². The van der Waals surface area contributed by atoms with Gasteiger partial charge in [-0.15, -0.1) is 0 Å². The molecule has 1 unspecified atom stereocenters. The summed E-state index contributed by atoms with van der Waals surface area (Å²) in [7, 11) is 1.73. The Morgan fingerprint density at radius 2 is 1.69 bits per heavy atom. The van der Waals surface area contributed by atoms with Gasteiger partial charge in [-0.3, -0.25) is 0 Å². The molecule has 0 N–H and O–H groups in total. The van der Waals surface area contributed by atoms with Crippen molar-refractivity contribution < 1.29 is 4.74 Å². The van der Waals surface area contributed by atoms with Crippen molar-refractivity contribution in [2.24, 2.45) is 5.41 Å². The average Bonchev–Trinajstić information content (AvgIpc) is 2.51. The normalized spacial score (nSPS) is 32.3. The molecule has 0 aromatic carbocycles. The van der Waals surface area contributed by atoms with Crippen molar-refractivity contribution in [3.05, 3.63) is 0 Å². The van der Waals surface area contributed by atoms with Crippen LogP contribution in [0.5, 0.6) is 0 Å². The lowest BCUT2D eigenvalue weighted by molar-refractivity contribution is -0.0692. The van der Waals surface area contributed by atoms with E-state index in [2.05, 4.69) is 34.6 Å². The van der Waals surface area contributed by atoms with Crippen LogP contribution in [0.15, 0.2) is 0 Å². The molecular formula is C10H20ClNO. The van der Waals surface area contributed by atoms with Crippen LogP contribution < -0.4 is 0 Å². The van der Waals surface area contributed by atoms with Gasteiger partial charge in [0.15, 0.2) is 0 Å². The Morgan fingerprint density at radius 1 is 1.31 bits per heavy atom. The van der Waals surface area contributed by atoms with E-state index in [9.17, 15) is 0 Å². The number of ether oxygens (including phenoxy) is 1. The number of nitrogens with zero attached hydrogens (tertiary/aromatic N) is 1. The first-order valence-corrected chi connectivity index (χ1v) is 5.02. The Balaban J connectivity index is 2.83. The largest absolute Gasteiger partial charge is 0.362 e. The molecule has 0 spiro atoms. The molecule has 2 nitrogen and oxygen atoms in total. The zero-order valence-electron chi connectivity index (χ0n) is 9.44. The molecule has 0 heterocycles. The van der Waals surface area contributed by atoms with Gasteiger partial charge >= 0.3 is 0 Å². The standard InChI is InChI=1S/C10H20ClNO/c1-8(2,3)12(11)10(13-6)7-9(10,4)5/h7H2,1-6H3. The second-order valence-corrected chi connectivity index (χ2v) is 5.84. The molecule has 0 bridgehead atoms. The summed E-state index contributed by atoms with van der Waals surface area (Å²) in [6.45, 7) is 10.6. The third-order valence-electron chi connectivity index (χ3n) is 2.86. The van der Waals surface area contributed by atoms with Gasteiger partial charge in [0.1, 0.15) is 5.72 Å². The van der Waals surface area contributed by atoms with E-state index in [0.717, 1.165) is 6.42 Å². The molecule has 1 atom stereocenters. The highest BCUT2D eigenvalue weighted by Gasteiger charge is 2.67. The van der Waals surface area contributed by atoms with E-state index in [1.807, 2.05) is 4.42 Å². The first-order chi connectivity index (χ1) is 5.67. The lowest BCUT2D eigenvalue weighted by Crippen LogP contribution is -2.46. The molecule has 0 aromatic rings. The van der Waals surface area contributed by atoms with Crippen LogP contribution in [-0.2, 0) is 4.74 Å². The van der Waals surface area contributed by atoms with Gasteiger partial charge in [0.2, 0.25) is 0 Å². The van der Waals surface area contributed by atoms with Gasteiger partial charge in [-0.05, 0) is 32.5 Å². The summed E-state index contributed by atoms with van der Waals surface area (Å²) in [6, 6.07) is 0. The van der Waals surface area contributed by atoms with Crippen LogP contribution in [0.3, 0.4) is 0 Å². The Morgan fingerprint density at radius 3 is 1.77 bits per heavy atom. The second kappa shape index (κ2) is 2.85. The van der Waals surface area contributed by atoms with Crippen LogP contribution in [0.1, 0.15) is 41.0 Å². The molecule has 1 saturated carbocycles. The second-order valence-electron chi connectivity index (χ2n) is 5.50. The molecule has 1 aliphatic rings. The van der Waals surface area contributed by atoms with Crippen LogP contribution in [0.25, 0.3) is 0 Å². The van der Waals surface area contributed by atoms with Gasteiger partial charge in [0.25, 0.3) is 0 Å². The van der Waals surface area contributed by atoms with E-state index in [1.54, 1.807) is 7.11 Å². The van der Waals surface area contributed by atoms with Crippen LogP contribution in [-0.4, -0.2) is 22.8 Å². The minimum Gasteiger partial charge on any atom is -0.362 e. The predicted molar refractivity (Wildman–Crippen MR) is 55.6 cm³/mol. The summed E-state index contributed by atoms with van der Waals surface area (Å²) in [5.74, 6) is 0. The first-order valence-electron chi connectivity index (χ1n) is 4.69. The zero-order valence-corrected chi connectivity index (χ0v) is 10.2. The van der Waals surface area contributed by atoms with Crippen molar-refractivity contribution >= 4 is 11.8 Å². The van der Waals surface area contributed by atoms with Crippen molar-refractivity contribution in [3.63, 3.8) is 0 Å². The molecule has 0 amide bonds. The lowest BCUT2D eigenvalue weighted by atomic mass is 10.1. The van der Waals surface area contributed by atoms with Gasteiger partial charge < -0.3 is 4.74 Å². The molecule has 78 valence electrons. The Labute approximate surface area is 86.3 Å². The highest BCUT2D eigenvalue weighted by Crippen LogP contribution is 2.62. The molecule has 0 radical (unpaired) electrons. The topological polar surface area (TPSA) is 12.5 Å². The van der Waals surface area contributed by atoms with E-state index in [4.69, 9.17) is 16.5 Å². The molecule has 13 heavy (non-hydrogen) atoms. The predicted octanol–water partition coefficient (Wildman–Crippen LogP) is 3.01. The fraction of sp³-hybridized carbons (Fsp3) is 1.00. The monoisotopic (exact) mass is 205 g/mol. The van der Waals surface area contributed by atoms with Gasteiger partial charge in [0.05, 0.1) is 0 Å². The lowest BCUT2D eigenvalue weighted by Gasteiger charge is -2.37. The van der Waals surface area contributed by atoms with Gasteiger partial charge in [-0.25, -0.2) is 0 Å². The maximum Gasteiger partial charge on any atom is 0.140 e. The number of halogens is 1. The molecule has 0 saturated heterocycles. The number of methoxy groups -OCH3 is 1. The van der Waals surface area contributed by atoms with E-state index in [-0.39, 0.29) is 16.7 Å². The van der Waals surface area contributed by atoms with Crippen molar-refractivity contribution in [2.45, 2.75) is 52.3 Å². The highest BCUT2D eigenvalue weighted by atomic mass is 35.5. The van der Waals surface area contributed by atoms with Crippen LogP contribution in [0.4, 0.5) is 0 Å². The molecule has 3 heteroatoms. The average molecular weight is 206 g/mol. The number of hydrogen-bond acceptors (Lipinski definition) is 2. The van der Waals surface area contributed by atoms with Crippen LogP contribution in [0.2, 0.25) is 0 Å². The zero-order chi connectivity index (χ0) is 10.5. The molecule has 0 aromatic heterocycles. The van der Waals surface area contributed by atoms with Crippen LogP contribution >= 0.6 is 11.8 Å². The van der Waals surface area contributed by atoms with Crippen LogP contribution in [0, 0.1) is 5.41 Å². The number of rotatable bonds is 2. The van der Waals surface area contributed by atoms with Crippen molar-refractivity contribution in [3.8, 4) is 0 Å². The van der Waals surface area contributed by atoms with Gasteiger partial charge in [-0.2, -0.15) is 4.42 Å². The SMILES string of the molecule is COC1(N(Cl)C(C)(C)C)CC1(C)C. The molecule has 1 fully saturated rings. The Kier molecular flexibility index (Phi) is 2.47. The van der Waals surface area contributed by atoms with E-state index < -0.39 is 0 Å². The minimum atomic E-state index is -0.271. The molecule has 1 rings (SSSR count). The van der Waals surface area contributed by atoms with E-state index in [1.165, 1.54) is 0 Å². The highest BCUT2D eigenvalue weighted by molar-refractivity contribution is 6.14. The quantitative estimate of drug-likeness (QED) is 0.508. The number of hydrogen-bond donors (Lipinski definition) is 0. The summed E-state index contributed by atoms with van der Waals surface area (Å²) in [5.41, 5.74) is -0.172. The summed E-state index contributed by atoms with van der Waals surface area (Å²) < 4.78 is 7.37. The summed E-state index contributed by atoms with van der Waals surface area (Å²) in [6.07, 6.45) is 0.997. The first kappa shape index (κ1) is 11.3.